The van der Waals surface area contributed by atoms with Crippen LogP contribution < -0.4 is 5.73 Å². The van der Waals surface area contributed by atoms with E-state index in [4.69, 9.17) is 5.73 Å². The zero-order valence-electron chi connectivity index (χ0n) is 12.3. The number of aryl methyl sites for hydroxylation is 1. The standard InChI is InChI=1S/C14H20N4OS/c1-9-14(15)11(3)18(16-9)8-13(19)17(4)10(2)12-6-5-7-20-12/h5-7,10H,8,15H2,1-4H3. The molecule has 0 spiro atoms. The molecule has 1 amide bonds. The number of nitrogens with zero attached hydrogens (tertiary/aromatic N) is 3. The Kier molecular flexibility index (Phi) is 4.13. The lowest BCUT2D eigenvalue weighted by molar-refractivity contribution is -0.132. The SMILES string of the molecule is Cc1nn(CC(=O)N(C)C(C)c2cccs2)c(C)c1N. The quantitative estimate of drug-likeness (QED) is 0.941. The molecule has 5 nitrogen and oxygen atoms in total. The number of hydrogen-bond acceptors (Lipinski definition) is 4. The largest absolute Gasteiger partial charge is 0.396 e. The zero-order valence-corrected chi connectivity index (χ0v) is 13.1. The molecule has 0 aromatic carbocycles. The second-order valence-electron chi connectivity index (χ2n) is 4.94. The highest BCUT2D eigenvalue weighted by Gasteiger charge is 2.20. The minimum atomic E-state index is 0.0245. The van der Waals surface area contributed by atoms with E-state index in [0.29, 0.717) is 5.69 Å². The molecule has 2 N–H and O–H groups in total. The van der Waals surface area contributed by atoms with Crippen molar-refractivity contribution in [1.29, 1.82) is 0 Å². The molecule has 0 radical (unpaired) electrons. The van der Waals surface area contributed by atoms with Crippen LogP contribution in [0.5, 0.6) is 0 Å². The number of nitrogen functional groups attached to an aromatic ring is 1. The van der Waals surface area contributed by atoms with Gasteiger partial charge in [-0.2, -0.15) is 5.10 Å². The molecule has 2 aromatic heterocycles. The minimum Gasteiger partial charge on any atom is -0.396 e. The Balaban J connectivity index is 2.10. The van der Waals surface area contributed by atoms with Gasteiger partial charge in [0.25, 0.3) is 0 Å². The average Bonchev–Trinajstić information content (AvgIpc) is 3.03. The summed E-state index contributed by atoms with van der Waals surface area (Å²) in [5, 5.41) is 6.32. The van der Waals surface area contributed by atoms with Crippen molar-refractivity contribution in [3.63, 3.8) is 0 Å². The molecule has 0 bridgehead atoms. The number of rotatable bonds is 4. The van der Waals surface area contributed by atoms with Crippen LogP contribution in [0.1, 0.15) is 29.2 Å². The minimum absolute atomic E-state index is 0.0245. The number of amides is 1. The maximum absolute atomic E-state index is 12.4. The Morgan fingerprint density at radius 3 is 2.75 bits per heavy atom. The third kappa shape index (κ3) is 2.70. The highest BCUT2D eigenvalue weighted by atomic mass is 32.1. The summed E-state index contributed by atoms with van der Waals surface area (Å²) in [6, 6.07) is 4.11. The molecule has 20 heavy (non-hydrogen) atoms. The molecule has 2 aromatic rings. The lowest BCUT2D eigenvalue weighted by atomic mass is 10.2. The van der Waals surface area contributed by atoms with Crippen LogP contribution in [0.25, 0.3) is 0 Å². The monoisotopic (exact) mass is 292 g/mol. The molecule has 108 valence electrons. The molecule has 1 atom stereocenters. The molecule has 0 aliphatic rings. The fourth-order valence-corrected chi connectivity index (χ4v) is 2.87. The molecule has 1 unspecified atom stereocenters. The molecule has 0 saturated heterocycles. The van der Waals surface area contributed by atoms with E-state index in [1.165, 1.54) is 4.88 Å². The first-order valence-corrected chi connectivity index (χ1v) is 7.38. The van der Waals surface area contributed by atoms with E-state index in [1.807, 2.05) is 45.3 Å². The molecule has 0 aliphatic carbocycles. The van der Waals surface area contributed by atoms with Crippen LogP contribution in [0.15, 0.2) is 17.5 Å². The average molecular weight is 292 g/mol. The lowest BCUT2D eigenvalue weighted by Crippen LogP contribution is -2.32. The zero-order chi connectivity index (χ0) is 14.9. The molecule has 2 rings (SSSR count). The van der Waals surface area contributed by atoms with E-state index in [9.17, 15) is 4.79 Å². The number of anilines is 1. The topological polar surface area (TPSA) is 64.2 Å². The third-order valence-corrected chi connectivity index (χ3v) is 4.69. The fraction of sp³-hybridized carbons (Fsp3) is 0.429. The van der Waals surface area contributed by atoms with Crippen LogP contribution in [0.4, 0.5) is 5.69 Å². The van der Waals surface area contributed by atoms with E-state index in [0.717, 1.165) is 11.4 Å². The van der Waals surface area contributed by atoms with E-state index >= 15 is 0 Å². The van der Waals surface area contributed by atoms with Gasteiger partial charge in [0.2, 0.25) is 5.91 Å². The highest BCUT2D eigenvalue weighted by Crippen LogP contribution is 2.24. The maximum Gasteiger partial charge on any atom is 0.244 e. The van der Waals surface area contributed by atoms with E-state index in [2.05, 4.69) is 5.10 Å². The number of aromatic nitrogens is 2. The summed E-state index contributed by atoms with van der Waals surface area (Å²) in [6.07, 6.45) is 0. The predicted octanol–water partition coefficient (Wildman–Crippen LogP) is 2.36. The normalized spacial score (nSPS) is 12.4. The summed E-state index contributed by atoms with van der Waals surface area (Å²) in [5.74, 6) is 0.0245. The molecular weight excluding hydrogens is 272 g/mol. The van der Waals surface area contributed by atoms with Gasteiger partial charge in [0.05, 0.1) is 23.1 Å². The predicted molar refractivity (Wildman–Crippen MR) is 81.6 cm³/mol. The van der Waals surface area contributed by atoms with Crippen LogP contribution in [0, 0.1) is 13.8 Å². The second-order valence-corrected chi connectivity index (χ2v) is 5.92. The Bertz CT molecular complexity index is 603. The first-order valence-electron chi connectivity index (χ1n) is 6.50. The summed E-state index contributed by atoms with van der Waals surface area (Å²) in [5.41, 5.74) is 8.15. The molecule has 0 saturated carbocycles. The number of carbonyl (C=O) groups excluding carboxylic acids is 1. The first kappa shape index (κ1) is 14.6. The van der Waals surface area contributed by atoms with E-state index in [-0.39, 0.29) is 18.5 Å². The molecule has 2 heterocycles. The number of thiophene rings is 1. The molecule has 6 heteroatoms. The number of carbonyl (C=O) groups is 1. The second kappa shape index (κ2) is 5.66. The Morgan fingerprint density at radius 2 is 2.25 bits per heavy atom. The Morgan fingerprint density at radius 1 is 1.55 bits per heavy atom. The van der Waals surface area contributed by atoms with Crippen molar-refractivity contribution >= 4 is 22.9 Å². The number of likely N-dealkylation sites (N-methyl/N-ethyl adjacent to an activating group) is 1. The van der Waals surface area contributed by atoms with Crippen molar-refractivity contribution in [2.75, 3.05) is 12.8 Å². The van der Waals surface area contributed by atoms with Gasteiger partial charge in [0.15, 0.2) is 0 Å². The van der Waals surface area contributed by atoms with Crippen LogP contribution in [0.3, 0.4) is 0 Å². The first-order chi connectivity index (χ1) is 9.41. The smallest absolute Gasteiger partial charge is 0.244 e. The molecular formula is C14H20N4OS. The lowest BCUT2D eigenvalue weighted by Gasteiger charge is -2.24. The van der Waals surface area contributed by atoms with Crippen LogP contribution in [0.2, 0.25) is 0 Å². The van der Waals surface area contributed by atoms with Crippen LogP contribution in [-0.4, -0.2) is 27.6 Å². The van der Waals surface area contributed by atoms with Crippen LogP contribution in [-0.2, 0) is 11.3 Å². The van der Waals surface area contributed by atoms with E-state index < -0.39 is 0 Å². The summed E-state index contributed by atoms with van der Waals surface area (Å²) in [7, 11) is 1.82. The van der Waals surface area contributed by atoms with Crippen molar-refractivity contribution in [1.82, 2.24) is 14.7 Å². The van der Waals surface area contributed by atoms with E-state index in [1.54, 1.807) is 20.9 Å². The van der Waals surface area contributed by atoms with Crippen LogP contribution >= 0.6 is 11.3 Å². The van der Waals surface area contributed by atoms with Gasteiger partial charge in [0.1, 0.15) is 6.54 Å². The van der Waals surface area contributed by atoms with Gasteiger partial charge in [-0.25, -0.2) is 0 Å². The molecule has 0 aliphatic heterocycles. The van der Waals surface area contributed by atoms with Crippen molar-refractivity contribution in [3.8, 4) is 0 Å². The molecule has 0 fully saturated rings. The number of hydrogen-bond donors (Lipinski definition) is 1. The van der Waals surface area contributed by atoms with Crippen molar-refractivity contribution in [3.05, 3.63) is 33.8 Å². The van der Waals surface area contributed by atoms with Gasteiger partial charge in [-0.1, -0.05) is 6.07 Å². The Labute approximate surface area is 123 Å². The summed E-state index contributed by atoms with van der Waals surface area (Å²) in [6.45, 7) is 5.97. The van der Waals surface area contributed by atoms with Gasteiger partial charge >= 0.3 is 0 Å². The van der Waals surface area contributed by atoms with Gasteiger partial charge in [-0.3, -0.25) is 9.48 Å². The number of nitrogens with two attached hydrogens (primary N) is 1. The van der Waals surface area contributed by atoms with Gasteiger partial charge in [-0.15, -0.1) is 11.3 Å². The van der Waals surface area contributed by atoms with Crippen molar-refractivity contribution < 1.29 is 4.79 Å². The highest BCUT2D eigenvalue weighted by molar-refractivity contribution is 7.10. The van der Waals surface area contributed by atoms with Gasteiger partial charge in [-0.05, 0) is 32.2 Å². The maximum atomic E-state index is 12.4. The van der Waals surface area contributed by atoms with Gasteiger partial charge < -0.3 is 10.6 Å². The van der Waals surface area contributed by atoms with Crippen molar-refractivity contribution in [2.24, 2.45) is 0 Å². The summed E-state index contributed by atoms with van der Waals surface area (Å²) < 4.78 is 1.67. The summed E-state index contributed by atoms with van der Waals surface area (Å²) in [4.78, 5) is 15.3. The Hall–Kier alpha value is -1.82. The summed E-state index contributed by atoms with van der Waals surface area (Å²) >= 11 is 1.66. The fourth-order valence-electron chi connectivity index (χ4n) is 2.04. The van der Waals surface area contributed by atoms with Crippen molar-refractivity contribution in [2.45, 2.75) is 33.4 Å². The third-order valence-electron chi connectivity index (χ3n) is 3.65. The van der Waals surface area contributed by atoms with Gasteiger partial charge in [0, 0.05) is 11.9 Å².